The maximum Gasteiger partial charge on any atom is 0.262 e. The number of anilines is 1. The van der Waals surface area contributed by atoms with Crippen LogP contribution >= 0.6 is 39.3 Å². The Labute approximate surface area is 178 Å². The van der Waals surface area contributed by atoms with Crippen LogP contribution in [-0.2, 0) is 16.1 Å². The number of rotatable bonds is 7. The second-order valence-corrected chi connectivity index (χ2v) is 8.00. The van der Waals surface area contributed by atoms with Crippen molar-refractivity contribution in [1.29, 1.82) is 0 Å². The SMILES string of the molecule is COCCn1c(SCC(=O)Nc2ccc(Br)cn2)nc2cc(Cl)ccc2c1=O. The molecule has 1 amide bonds. The average molecular weight is 484 g/mol. The minimum absolute atomic E-state index is 0.0727. The van der Waals surface area contributed by atoms with Gasteiger partial charge in [0.25, 0.3) is 5.56 Å². The maximum atomic E-state index is 12.8. The molecule has 0 aliphatic heterocycles. The molecule has 0 bridgehead atoms. The van der Waals surface area contributed by atoms with E-state index < -0.39 is 0 Å². The van der Waals surface area contributed by atoms with E-state index in [9.17, 15) is 9.59 Å². The summed E-state index contributed by atoms with van der Waals surface area (Å²) in [7, 11) is 1.56. The van der Waals surface area contributed by atoms with E-state index in [2.05, 4.69) is 31.2 Å². The first-order valence-corrected chi connectivity index (χ1v) is 10.4. The molecule has 0 aliphatic carbocycles. The Balaban J connectivity index is 1.82. The Morgan fingerprint density at radius 2 is 2.18 bits per heavy atom. The molecular weight excluding hydrogens is 468 g/mol. The summed E-state index contributed by atoms with van der Waals surface area (Å²) in [4.78, 5) is 33.7. The predicted molar refractivity (Wildman–Crippen MR) is 114 cm³/mol. The number of benzene rings is 1. The number of ether oxygens (including phenoxy) is 1. The van der Waals surface area contributed by atoms with Crippen LogP contribution in [0.1, 0.15) is 0 Å². The number of halogens is 2. The van der Waals surface area contributed by atoms with Gasteiger partial charge in [0.2, 0.25) is 5.91 Å². The molecule has 0 fully saturated rings. The molecule has 0 aliphatic rings. The second kappa shape index (κ2) is 9.51. The van der Waals surface area contributed by atoms with Crippen LogP contribution in [0.3, 0.4) is 0 Å². The predicted octanol–water partition coefficient (Wildman–Crippen LogP) is 3.58. The van der Waals surface area contributed by atoms with E-state index in [0.717, 1.165) is 4.47 Å². The number of pyridine rings is 1. The highest BCUT2D eigenvalue weighted by Gasteiger charge is 2.14. The molecule has 7 nitrogen and oxygen atoms in total. The van der Waals surface area contributed by atoms with Crippen molar-refractivity contribution in [2.75, 3.05) is 24.8 Å². The van der Waals surface area contributed by atoms with Crippen molar-refractivity contribution in [2.45, 2.75) is 11.7 Å². The second-order valence-electron chi connectivity index (χ2n) is 5.70. The van der Waals surface area contributed by atoms with Crippen molar-refractivity contribution < 1.29 is 9.53 Å². The van der Waals surface area contributed by atoms with Gasteiger partial charge in [-0.05, 0) is 46.3 Å². The van der Waals surface area contributed by atoms with Gasteiger partial charge in [0.1, 0.15) is 5.82 Å². The summed E-state index contributed by atoms with van der Waals surface area (Å²) in [6, 6.07) is 8.41. The van der Waals surface area contributed by atoms with Crippen LogP contribution in [0.5, 0.6) is 0 Å². The van der Waals surface area contributed by atoms with E-state index in [1.165, 1.54) is 16.3 Å². The van der Waals surface area contributed by atoms with Gasteiger partial charge in [-0.25, -0.2) is 9.97 Å². The van der Waals surface area contributed by atoms with Gasteiger partial charge < -0.3 is 10.1 Å². The lowest BCUT2D eigenvalue weighted by atomic mass is 10.2. The van der Waals surface area contributed by atoms with Crippen LogP contribution in [-0.4, -0.2) is 39.9 Å². The number of amides is 1. The van der Waals surface area contributed by atoms with Crippen molar-refractivity contribution in [3.05, 3.63) is 56.4 Å². The van der Waals surface area contributed by atoms with Gasteiger partial charge in [-0.15, -0.1) is 0 Å². The molecule has 0 spiro atoms. The van der Waals surface area contributed by atoms with Crippen LogP contribution in [0.4, 0.5) is 5.82 Å². The van der Waals surface area contributed by atoms with E-state index in [1.807, 2.05) is 0 Å². The summed E-state index contributed by atoms with van der Waals surface area (Å²) in [6.45, 7) is 0.683. The van der Waals surface area contributed by atoms with Crippen molar-refractivity contribution in [3.8, 4) is 0 Å². The third-order valence-electron chi connectivity index (χ3n) is 3.73. The maximum absolute atomic E-state index is 12.8. The van der Waals surface area contributed by atoms with Gasteiger partial charge in [-0.1, -0.05) is 23.4 Å². The van der Waals surface area contributed by atoms with Crippen LogP contribution < -0.4 is 10.9 Å². The first kappa shape index (κ1) is 20.8. The lowest BCUT2D eigenvalue weighted by Gasteiger charge is -2.13. The molecule has 3 rings (SSSR count). The minimum atomic E-state index is -0.251. The fraction of sp³-hybridized carbons (Fsp3) is 0.222. The summed E-state index contributed by atoms with van der Waals surface area (Å²) >= 11 is 10.5. The summed E-state index contributed by atoms with van der Waals surface area (Å²) in [5.74, 6) is 0.269. The molecule has 0 saturated carbocycles. The number of carbonyl (C=O) groups is 1. The number of carbonyl (C=O) groups excluding carboxylic acids is 1. The summed E-state index contributed by atoms with van der Waals surface area (Å²) in [5, 5.41) is 4.09. The summed E-state index contributed by atoms with van der Waals surface area (Å²) < 4.78 is 7.42. The molecule has 0 saturated heterocycles. The molecule has 146 valence electrons. The van der Waals surface area contributed by atoms with Crippen molar-refractivity contribution in [1.82, 2.24) is 14.5 Å². The van der Waals surface area contributed by atoms with Gasteiger partial charge in [0, 0.05) is 22.8 Å². The average Bonchev–Trinajstić information content (AvgIpc) is 2.67. The van der Waals surface area contributed by atoms with Gasteiger partial charge in [0.05, 0.1) is 29.8 Å². The number of hydrogen-bond donors (Lipinski definition) is 1. The molecule has 1 aromatic carbocycles. The van der Waals surface area contributed by atoms with E-state index >= 15 is 0 Å². The van der Waals surface area contributed by atoms with Gasteiger partial charge in [0.15, 0.2) is 5.16 Å². The third-order valence-corrected chi connectivity index (χ3v) is 5.41. The Morgan fingerprint density at radius 3 is 2.89 bits per heavy atom. The molecule has 0 unspecified atom stereocenters. The van der Waals surface area contributed by atoms with E-state index in [1.54, 1.807) is 43.6 Å². The highest BCUT2D eigenvalue weighted by molar-refractivity contribution is 9.10. The number of fused-ring (bicyclic) bond motifs is 1. The smallest absolute Gasteiger partial charge is 0.262 e. The Morgan fingerprint density at radius 1 is 1.36 bits per heavy atom. The van der Waals surface area contributed by atoms with E-state index in [-0.39, 0.29) is 17.2 Å². The van der Waals surface area contributed by atoms with Crippen molar-refractivity contribution in [3.63, 3.8) is 0 Å². The fourth-order valence-corrected chi connectivity index (χ4v) is 3.65. The molecule has 1 N–H and O–H groups in total. The molecule has 10 heteroatoms. The zero-order chi connectivity index (χ0) is 20.1. The molecule has 2 heterocycles. The molecule has 3 aromatic rings. The van der Waals surface area contributed by atoms with E-state index in [4.69, 9.17) is 16.3 Å². The van der Waals surface area contributed by atoms with Gasteiger partial charge in [-0.2, -0.15) is 0 Å². The standard InChI is InChI=1S/C18H16BrClN4O3S/c1-27-7-6-24-17(26)13-4-3-12(20)8-14(13)22-18(24)28-10-16(25)23-15-5-2-11(19)9-21-15/h2-5,8-9H,6-7,10H2,1H3,(H,21,23,25). The zero-order valence-electron chi connectivity index (χ0n) is 14.8. The highest BCUT2D eigenvalue weighted by Crippen LogP contribution is 2.21. The topological polar surface area (TPSA) is 86.1 Å². The lowest BCUT2D eigenvalue weighted by Crippen LogP contribution is -2.26. The Kier molecular flexibility index (Phi) is 7.06. The summed E-state index contributed by atoms with van der Waals surface area (Å²) in [5.41, 5.74) is 0.292. The largest absolute Gasteiger partial charge is 0.383 e. The molecule has 2 aromatic heterocycles. The van der Waals surface area contributed by atoms with Crippen LogP contribution in [0, 0.1) is 0 Å². The molecule has 0 atom stereocenters. The lowest BCUT2D eigenvalue weighted by molar-refractivity contribution is -0.113. The summed E-state index contributed by atoms with van der Waals surface area (Å²) in [6.07, 6.45) is 1.60. The van der Waals surface area contributed by atoms with Crippen molar-refractivity contribution in [2.24, 2.45) is 0 Å². The Hall–Kier alpha value is -1.94. The number of methoxy groups -OCH3 is 1. The molecule has 0 radical (unpaired) electrons. The first-order valence-electron chi connectivity index (χ1n) is 8.21. The van der Waals surface area contributed by atoms with Crippen LogP contribution in [0.25, 0.3) is 10.9 Å². The van der Waals surface area contributed by atoms with Crippen LogP contribution in [0.2, 0.25) is 5.02 Å². The minimum Gasteiger partial charge on any atom is -0.383 e. The normalized spacial score (nSPS) is 11.0. The fourth-order valence-electron chi connectivity index (χ4n) is 2.42. The number of nitrogens with one attached hydrogen (secondary N) is 1. The quantitative estimate of drug-likeness (QED) is 0.408. The zero-order valence-corrected chi connectivity index (χ0v) is 18.0. The van der Waals surface area contributed by atoms with Gasteiger partial charge in [-0.3, -0.25) is 14.2 Å². The first-order chi connectivity index (χ1) is 13.5. The number of aromatic nitrogens is 3. The van der Waals surface area contributed by atoms with Crippen molar-refractivity contribution >= 4 is 61.9 Å². The van der Waals surface area contributed by atoms with E-state index in [0.29, 0.717) is 40.1 Å². The third kappa shape index (κ3) is 5.11. The molecule has 28 heavy (non-hydrogen) atoms. The Bertz CT molecular complexity index is 1060. The number of hydrogen-bond acceptors (Lipinski definition) is 6. The van der Waals surface area contributed by atoms with Gasteiger partial charge >= 0.3 is 0 Å². The number of nitrogens with zero attached hydrogens (tertiary/aromatic N) is 3. The monoisotopic (exact) mass is 482 g/mol. The van der Waals surface area contributed by atoms with Crippen LogP contribution in [0.15, 0.2) is 51.0 Å². The highest BCUT2D eigenvalue weighted by atomic mass is 79.9. The molecular formula is C18H16BrClN4O3S. The number of thioether (sulfide) groups is 1.